The topological polar surface area (TPSA) is 67.8 Å². The summed E-state index contributed by atoms with van der Waals surface area (Å²) in [7, 11) is 1.68. The van der Waals surface area contributed by atoms with Crippen molar-refractivity contribution in [2.45, 2.75) is 44.6 Å². The van der Waals surface area contributed by atoms with E-state index in [2.05, 4.69) is 5.32 Å². The minimum atomic E-state index is -0.671. The van der Waals surface area contributed by atoms with Crippen molar-refractivity contribution >= 4 is 5.97 Å². The SMILES string of the molecule is CCOC(=O)C1CCC(O)(CNCCCOC)CC1. The summed E-state index contributed by atoms with van der Waals surface area (Å²) in [5.41, 5.74) is -0.671. The molecule has 0 aromatic rings. The fraction of sp³-hybridized carbons (Fsp3) is 0.929. The molecular weight excluding hydrogens is 246 g/mol. The Morgan fingerprint density at radius 3 is 2.68 bits per heavy atom. The third-order valence-corrected chi connectivity index (χ3v) is 3.69. The number of hydrogen-bond donors (Lipinski definition) is 2. The Bertz CT molecular complexity index is 262. The summed E-state index contributed by atoms with van der Waals surface area (Å²) in [6.07, 6.45) is 3.70. The van der Waals surface area contributed by atoms with Crippen molar-refractivity contribution in [3.05, 3.63) is 0 Å². The van der Waals surface area contributed by atoms with E-state index in [0.717, 1.165) is 32.4 Å². The first-order chi connectivity index (χ1) is 9.11. The Morgan fingerprint density at radius 2 is 2.11 bits per heavy atom. The Hall–Kier alpha value is -0.650. The van der Waals surface area contributed by atoms with Gasteiger partial charge in [-0.15, -0.1) is 0 Å². The van der Waals surface area contributed by atoms with Crippen LogP contribution in [-0.2, 0) is 14.3 Å². The number of esters is 1. The average molecular weight is 273 g/mol. The number of nitrogens with one attached hydrogen (secondary N) is 1. The largest absolute Gasteiger partial charge is 0.466 e. The first-order valence-corrected chi connectivity index (χ1v) is 7.20. The molecule has 0 unspecified atom stereocenters. The van der Waals surface area contributed by atoms with Crippen molar-refractivity contribution in [2.24, 2.45) is 5.92 Å². The first kappa shape index (κ1) is 16.4. The van der Waals surface area contributed by atoms with Crippen LogP contribution in [0.25, 0.3) is 0 Å². The van der Waals surface area contributed by atoms with E-state index < -0.39 is 5.60 Å². The van der Waals surface area contributed by atoms with Crippen LogP contribution in [0.3, 0.4) is 0 Å². The molecule has 0 atom stereocenters. The van der Waals surface area contributed by atoms with Crippen molar-refractivity contribution in [3.8, 4) is 0 Å². The fourth-order valence-electron chi connectivity index (χ4n) is 2.49. The first-order valence-electron chi connectivity index (χ1n) is 7.20. The van der Waals surface area contributed by atoms with Crippen molar-refractivity contribution in [2.75, 3.05) is 33.4 Å². The van der Waals surface area contributed by atoms with Crippen LogP contribution in [0, 0.1) is 5.92 Å². The summed E-state index contributed by atoms with van der Waals surface area (Å²) < 4.78 is 9.99. The van der Waals surface area contributed by atoms with Crippen molar-refractivity contribution in [1.29, 1.82) is 0 Å². The molecule has 0 spiro atoms. The molecule has 0 aliphatic heterocycles. The zero-order valence-corrected chi connectivity index (χ0v) is 12.1. The normalized spacial score (nSPS) is 27.2. The molecule has 112 valence electrons. The summed E-state index contributed by atoms with van der Waals surface area (Å²) in [4.78, 5) is 11.6. The number of hydrogen-bond acceptors (Lipinski definition) is 5. The highest BCUT2D eigenvalue weighted by Crippen LogP contribution is 2.32. The molecule has 2 N–H and O–H groups in total. The van der Waals surface area contributed by atoms with E-state index in [1.807, 2.05) is 6.92 Å². The molecule has 5 nitrogen and oxygen atoms in total. The van der Waals surface area contributed by atoms with Crippen LogP contribution in [0.4, 0.5) is 0 Å². The van der Waals surface area contributed by atoms with Gasteiger partial charge in [-0.25, -0.2) is 0 Å². The fourth-order valence-corrected chi connectivity index (χ4v) is 2.49. The second kappa shape index (κ2) is 8.51. The van der Waals surface area contributed by atoms with Crippen molar-refractivity contribution in [3.63, 3.8) is 0 Å². The minimum Gasteiger partial charge on any atom is -0.466 e. The summed E-state index contributed by atoms with van der Waals surface area (Å²) in [5, 5.41) is 13.7. The molecule has 1 saturated carbocycles. The lowest BCUT2D eigenvalue weighted by Gasteiger charge is -2.35. The molecule has 0 aromatic carbocycles. The molecule has 0 bridgehead atoms. The lowest BCUT2D eigenvalue weighted by Crippen LogP contribution is -2.45. The lowest BCUT2D eigenvalue weighted by molar-refractivity contribution is -0.151. The summed E-state index contributed by atoms with van der Waals surface area (Å²) in [5.74, 6) is -0.147. The van der Waals surface area contributed by atoms with Crippen molar-refractivity contribution in [1.82, 2.24) is 5.32 Å². The van der Waals surface area contributed by atoms with Gasteiger partial charge in [-0.1, -0.05) is 0 Å². The molecular formula is C14H27NO4. The van der Waals surface area contributed by atoms with E-state index in [-0.39, 0.29) is 11.9 Å². The Balaban J connectivity index is 2.21. The molecule has 1 aliphatic carbocycles. The third-order valence-electron chi connectivity index (χ3n) is 3.69. The average Bonchev–Trinajstić information content (AvgIpc) is 2.39. The van der Waals surface area contributed by atoms with Gasteiger partial charge in [0.15, 0.2) is 0 Å². The quantitative estimate of drug-likeness (QED) is 0.512. The highest BCUT2D eigenvalue weighted by Gasteiger charge is 2.35. The number of ether oxygens (including phenoxy) is 2. The summed E-state index contributed by atoms with van der Waals surface area (Å²) >= 11 is 0. The second-order valence-electron chi connectivity index (χ2n) is 5.27. The number of rotatable bonds is 8. The maximum Gasteiger partial charge on any atom is 0.308 e. The van der Waals surface area contributed by atoms with Crippen LogP contribution in [0.5, 0.6) is 0 Å². The molecule has 19 heavy (non-hydrogen) atoms. The van der Waals surface area contributed by atoms with Crippen LogP contribution in [0.1, 0.15) is 39.0 Å². The number of carbonyl (C=O) groups is 1. The van der Waals surface area contributed by atoms with Gasteiger partial charge in [0.2, 0.25) is 0 Å². The third kappa shape index (κ3) is 5.89. The van der Waals surface area contributed by atoms with Crippen LogP contribution < -0.4 is 5.32 Å². The Kier molecular flexibility index (Phi) is 7.34. The highest BCUT2D eigenvalue weighted by molar-refractivity contribution is 5.72. The van der Waals surface area contributed by atoms with Gasteiger partial charge in [-0.2, -0.15) is 0 Å². The maximum atomic E-state index is 11.6. The molecule has 0 aromatic heterocycles. The maximum absolute atomic E-state index is 11.6. The van der Waals surface area contributed by atoms with E-state index in [4.69, 9.17) is 9.47 Å². The predicted octanol–water partition coefficient (Wildman–Crippen LogP) is 1.10. The van der Waals surface area contributed by atoms with Crippen molar-refractivity contribution < 1.29 is 19.4 Å². The van der Waals surface area contributed by atoms with Gasteiger partial charge in [-0.3, -0.25) is 4.79 Å². The predicted molar refractivity (Wildman–Crippen MR) is 72.9 cm³/mol. The van der Waals surface area contributed by atoms with Gasteiger partial charge in [-0.05, 0) is 45.6 Å². The minimum absolute atomic E-state index is 0.0336. The standard InChI is InChI=1S/C14H27NO4/c1-3-19-13(16)12-5-7-14(17,8-6-12)11-15-9-4-10-18-2/h12,15,17H,3-11H2,1-2H3. The lowest BCUT2D eigenvalue weighted by atomic mass is 9.79. The molecule has 0 radical (unpaired) electrons. The Labute approximate surface area is 115 Å². The molecule has 1 aliphatic rings. The van der Waals surface area contributed by atoms with Gasteiger partial charge < -0.3 is 19.9 Å². The summed E-state index contributed by atoms with van der Waals surface area (Å²) in [6.45, 7) is 4.42. The van der Waals surface area contributed by atoms with E-state index >= 15 is 0 Å². The van der Waals surface area contributed by atoms with Gasteiger partial charge in [0.1, 0.15) is 0 Å². The monoisotopic (exact) mass is 273 g/mol. The van der Waals surface area contributed by atoms with Crippen LogP contribution in [0.2, 0.25) is 0 Å². The van der Waals surface area contributed by atoms with E-state index in [0.29, 0.717) is 26.0 Å². The van der Waals surface area contributed by atoms with Gasteiger partial charge in [0.25, 0.3) is 0 Å². The van der Waals surface area contributed by atoms with Gasteiger partial charge in [0.05, 0.1) is 18.1 Å². The number of aliphatic hydroxyl groups is 1. The molecule has 5 heteroatoms. The molecule has 1 fully saturated rings. The highest BCUT2D eigenvalue weighted by atomic mass is 16.5. The second-order valence-corrected chi connectivity index (χ2v) is 5.27. The molecule has 0 heterocycles. The number of methoxy groups -OCH3 is 1. The number of carbonyl (C=O) groups excluding carboxylic acids is 1. The van der Waals surface area contributed by atoms with E-state index in [1.54, 1.807) is 7.11 Å². The zero-order chi connectivity index (χ0) is 14.1. The van der Waals surface area contributed by atoms with Gasteiger partial charge in [0, 0.05) is 20.3 Å². The van der Waals surface area contributed by atoms with Crippen LogP contribution in [-0.4, -0.2) is 50.1 Å². The molecule has 1 rings (SSSR count). The van der Waals surface area contributed by atoms with E-state index in [9.17, 15) is 9.90 Å². The van der Waals surface area contributed by atoms with Crippen LogP contribution in [0.15, 0.2) is 0 Å². The van der Waals surface area contributed by atoms with Gasteiger partial charge >= 0.3 is 5.97 Å². The smallest absolute Gasteiger partial charge is 0.308 e. The molecule has 0 amide bonds. The zero-order valence-electron chi connectivity index (χ0n) is 12.1. The molecule has 0 saturated heterocycles. The van der Waals surface area contributed by atoms with Crippen LogP contribution >= 0.6 is 0 Å². The summed E-state index contributed by atoms with van der Waals surface area (Å²) in [6, 6.07) is 0. The Morgan fingerprint density at radius 1 is 1.42 bits per heavy atom. The van der Waals surface area contributed by atoms with E-state index in [1.165, 1.54) is 0 Å².